The van der Waals surface area contributed by atoms with Crippen molar-refractivity contribution in [2.75, 3.05) is 14.2 Å². The van der Waals surface area contributed by atoms with E-state index >= 15 is 0 Å². The molecule has 0 unspecified atom stereocenters. The molecule has 0 radical (unpaired) electrons. The molecule has 0 saturated carbocycles. The lowest BCUT2D eigenvalue weighted by molar-refractivity contribution is 0.0703. The summed E-state index contributed by atoms with van der Waals surface area (Å²) in [5.41, 5.74) is -0.772. The Hall–Kier alpha value is -2.74. The maximum absolute atomic E-state index is 14.8. The molecule has 0 atom stereocenters. The molecular weight excluding hydrogens is 357 g/mol. The number of methoxy groups -OCH3 is 2. The van der Waals surface area contributed by atoms with Crippen LogP contribution in [-0.4, -0.2) is 25.3 Å². The summed E-state index contributed by atoms with van der Waals surface area (Å²) in [5, 5.41) is 9.66. The zero-order chi connectivity index (χ0) is 18.3. The first-order chi connectivity index (χ1) is 11.9. The maximum Gasteiger partial charge on any atom is 0.346 e. The predicted octanol–water partition coefficient (Wildman–Crippen LogP) is 4.70. The fourth-order valence-corrected chi connectivity index (χ4v) is 3.65. The number of hydrogen-bond acceptors (Lipinski definition) is 4. The van der Waals surface area contributed by atoms with Crippen LogP contribution in [-0.2, 0) is 0 Å². The first kappa shape index (κ1) is 17.1. The van der Waals surface area contributed by atoms with Crippen LogP contribution < -0.4 is 9.47 Å². The molecule has 3 rings (SSSR count). The van der Waals surface area contributed by atoms with Crippen LogP contribution in [0.1, 0.15) is 9.67 Å². The average molecular weight is 368 g/mol. The summed E-state index contributed by atoms with van der Waals surface area (Å²) in [7, 11) is 2.39. The summed E-state index contributed by atoms with van der Waals surface area (Å²) in [5.74, 6) is -4.68. The molecule has 3 aromatic rings. The Labute approximate surface area is 144 Å². The van der Waals surface area contributed by atoms with Gasteiger partial charge in [0.15, 0.2) is 23.1 Å². The van der Waals surface area contributed by atoms with E-state index in [2.05, 4.69) is 0 Å². The van der Waals surface area contributed by atoms with Gasteiger partial charge in [0.05, 0.1) is 19.8 Å². The normalized spacial score (nSPS) is 10.9. The first-order valence-electron chi connectivity index (χ1n) is 6.94. The van der Waals surface area contributed by atoms with Crippen molar-refractivity contribution in [1.29, 1.82) is 0 Å². The lowest BCUT2D eigenvalue weighted by Crippen LogP contribution is -2.02. The van der Waals surface area contributed by atoms with Gasteiger partial charge in [0.1, 0.15) is 10.7 Å². The summed E-state index contributed by atoms with van der Waals surface area (Å²) >= 11 is 0.731. The molecule has 0 bridgehead atoms. The Morgan fingerprint density at radius 1 is 1.00 bits per heavy atom. The lowest BCUT2D eigenvalue weighted by atomic mass is 9.99. The van der Waals surface area contributed by atoms with Gasteiger partial charge in [0.2, 0.25) is 0 Å². The minimum Gasteiger partial charge on any atom is -0.494 e. The third kappa shape index (κ3) is 2.68. The van der Waals surface area contributed by atoms with Gasteiger partial charge in [0.25, 0.3) is 0 Å². The van der Waals surface area contributed by atoms with Gasteiger partial charge in [-0.1, -0.05) is 0 Å². The zero-order valence-electron chi connectivity index (χ0n) is 13.0. The lowest BCUT2D eigenvalue weighted by Gasteiger charge is -2.13. The fourth-order valence-electron chi connectivity index (χ4n) is 2.57. The summed E-state index contributed by atoms with van der Waals surface area (Å²) in [6.07, 6.45) is 0. The number of hydrogen-bond donors (Lipinski definition) is 1. The molecule has 0 amide bonds. The largest absolute Gasteiger partial charge is 0.494 e. The Morgan fingerprint density at radius 2 is 1.60 bits per heavy atom. The molecular formula is C17H11F3O4S. The van der Waals surface area contributed by atoms with E-state index in [0.717, 1.165) is 29.5 Å². The van der Waals surface area contributed by atoms with Crippen LogP contribution in [0.25, 0.3) is 21.2 Å². The third-order valence-corrected chi connectivity index (χ3v) is 4.81. The molecule has 1 N–H and O–H groups in total. The molecule has 130 valence electrons. The van der Waals surface area contributed by atoms with E-state index in [1.807, 2.05) is 0 Å². The van der Waals surface area contributed by atoms with Crippen LogP contribution >= 0.6 is 11.3 Å². The summed E-state index contributed by atoms with van der Waals surface area (Å²) in [4.78, 5) is 11.3. The second-order valence-corrected chi connectivity index (χ2v) is 6.09. The van der Waals surface area contributed by atoms with Gasteiger partial charge in [0, 0.05) is 21.7 Å². The number of thiophene rings is 1. The van der Waals surface area contributed by atoms with Crippen molar-refractivity contribution < 1.29 is 32.5 Å². The van der Waals surface area contributed by atoms with Gasteiger partial charge in [-0.3, -0.25) is 0 Å². The molecule has 1 aromatic heterocycles. The zero-order valence-corrected chi connectivity index (χ0v) is 13.8. The molecule has 25 heavy (non-hydrogen) atoms. The highest BCUT2D eigenvalue weighted by Crippen LogP contribution is 2.45. The summed E-state index contributed by atoms with van der Waals surface area (Å²) in [6.45, 7) is 0. The second kappa shape index (κ2) is 6.29. The van der Waals surface area contributed by atoms with Crippen LogP contribution in [0.4, 0.5) is 13.2 Å². The molecule has 1 heterocycles. The van der Waals surface area contributed by atoms with Gasteiger partial charge in [-0.25, -0.2) is 18.0 Å². The van der Waals surface area contributed by atoms with E-state index in [1.165, 1.54) is 20.3 Å². The van der Waals surface area contributed by atoms with E-state index in [1.54, 1.807) is 0 Å². The molecule has 0 fully saturated rings. The minimum absolute atomic E-state index is 0.181. The maximum atomic E-state index is 14.8. The first-order valence-corrected chi connectivity index (χ1v) is 7.76. The molecule has 0 aliphatic rings. The second-order valence-electron chi connectivity index (χ2n) is 5.04. The van der Waals surface area contributed by atoms with E-state index in [4.69, 9.17) is 9.47 Å². The topological polar surface area (TPSA) is 55.8 Å². The minimum atomic E-state index is -1.38. The highest BCUT2D eigenvalue weighted by atomic mass is 32.1. The van der Waals surface area contributed by atoms with E-state index in [9.17, 15) is 23.1 Å². The van der Waals surface area contributed by atoms with E-state index in [0.29, 0.717) is 0 Å². The molecule has 4 nitrogen and oxygen atoms in total. The van der Waals surface area contributed by atoms with Crippen LogP contribution in [0.3, 0.4) is 0 Å². The number of halogens is 3. The van der Waals surface area contributed by atoms with Crippen molar-refractivity contribution in [3.8, 4) is 22.6 Å². The van der Waals surface area contributed by atoms with Gasteiger partial charge >= 0.3 is 5.97 Å². The fraction of sp³-hybridized carbons (Fsp3) is 0.118. The molecule has 0 aliphatic carbocycles. The van der Waals surface area contributed by atoms with Crippen LogP contribution in [0.15, 0.2) is 24.3 Å². The molecule has 0 saturated heterocycles. The average Bonchev–Trinajstić information content (AvgIpc) is 2.94. The molecule has 2 aromatic carbocycles. The standard InChI is InChI=1S/C17H11F3O4S/c1-23-9-6-10(24-2)15(20)13(14(9)19)12-8-4-3-7(18)5-11(8)25-16(12)17(21)22/h3-6H,1-2H3,(H,21,22). The van der Waals surface area contributed by atoms with Crippen LogP contribution in [0.5, 0.6) is 11.5 Å². The number of carboxylic acids is 1. The van der Waals surface area contributed by atoms with Crippen LogP contribution in [0.2, 0.25) is 0 Å². The van der Waals surface area contributed by atoms with Gasteiger partial charge < -0.3 is 14.6 Å². The van der Waals surface area contributed by atoms with Crippen molar-refractivity contribution in [1.82, 2.24) is 0 Å². The van der Waals surface area contributed by atoms with E-state index < -0.39 is 29.0 Å². The number of aromatic carboxylic acids is 1. The van der Waals surface area contributed by atoms with Crippen molar-refractivity contribution in [3.05, 3.63) is 46.6 Å². The molecule has 8 heteroatoms. The van der Waals surface area contributed by atoms with Crippen LogP contribution in [0, 0.1) is 17.5 Å². The van der Waals surface area contributed by atoms with Crippen molar-refractivity contribution >= 4 is 27.4 Å². The van der Waals surface area contributed by atoms with Gasteiger partial charge in [-0.2, -0.15) is 0 Å². The van der Waals surface area contributed by atoms with E-state index in [-0.39, 0.29) is 32.0 Å². The molecule has 0 spiro atoms. The number of carboxylic acid groups (broad SMARTS) is 1. The Kier molecular flexibility index (Phi) is 4.30. The Balaban J connectivity index is 2.48. The SMILES string of the molecule is COc1cc(OC)c(F)c(-c2c(C(=O)O)sc3cc(F)ccc23)c1F. The summed E-state index contributed by atoms with van der Waals surface area (Å²) in [6, 6.07) is 4.52. The highest BCUT2D eigenvalue weighted by Gasteiger charge is 2.28. The van der Waals surface area contributed by atoms with Crippen molar-refractivity contribution in [2.24, 2.45) is 0 Å². The third-order valence-electron chi connectivity index (χ3n) is 3.67. The quantitative estimate of drug-likeness (QED) is 0.725. The van der Waals surface area contributed by atoms with Crippen molar-refractivity contribution in [2.45, 2.75) is 0 Å². The van der Waals surface area contributed by atoms with Gasteiger partial charge in [-0.05, 0) is 18.2 Å². The predicted molar refractivity (Wildman–Crippen MR) is 87.2 cm³/mol. The number of benzene rings is 2. The van der Waals surface area contributed by atoms with Crippen molar-refractivity contribution in [3.63, 3.8) is 0 Å². The number of carbonyl (C=O) groups is 1. The summed E-state index contributed by atoms with van der Waals surface area (Å²) < 4.78 is 53.0. The molecule has 0 aliphatic heterocycles. The Bertz CT molecular complexity index is 969. The number of ether oxygens (including phenoxy) is 2. The number of fused-ring (bicyclic) bond motifs is 1. The highest BCUT2D eigenvalue weighted by molar-refractivity contribution is 7.21. The smallest absolute Gasteiger partial charge is 0.346 e. The number of rotatable bonds is 4. The van der Waals surface area contributed by atoms with Gasteiger partial charge in [-0.15, -0.1) is 11.3 Å². The monoisotopic (exact) mass is 368 g/mol. The Morgan fingerprint density at radius 3 is 2.12 bits per heavy atom.